The summed E-state index contributed by atoms with van der Waals surface area (Å²) in [5.74, 6) is 1.19. The van der Waals surface area contributed by atoms with Crippen molar-refractivity contribution in [2.24, 2.45) is 0 Å². The van der Waals surface area contributed by atoms with Gasteiger partial charge in [-0.05, 0) is 12.1 Å². The second kappa shape index (κ2) is 2.76. The van der Waals surface area contributed by atoms with Crippen LogP contribution in [-0.4, -0.2) is 10.1 Å². The molecular formula is C10H11NO2. The molecule has 0 aliphatic heterocycles. The van der Waals surface area contributed by atoms with Crippen molar-refractivity contribution >= 4 is 11.1 Å². The second-order valence-corrected chi connectivity index (χ2v) is 3.36. The van der Waals surface area contributed by atoms with Crippen LogP contribution in [-0.2, 0) is 0 Å². The summed E-state index contributed by atoms with van der Waals surface area (Å²) in [6, 6.07) is 4.93. The van der Waals surface area contributed by atoms with Crippen LogP contribution >= 0.6 is 0 Å². The Kier molecular flexibility index (Phi) is 1.72. The molecule has 0 saturated carbocycles. The van der Waals surface area contributed by atoms with Gasteiger partial charge in [-0.2, -0.15) is 0 Å². The third-order valence-corrected chi connectivity index (χ3v) is 1.88. The van der Waals surface area contributed by atoms with Gasteiger partial charge < -0.3 is 9.52 Å². The summed E-state index contributed by atoms with van der Waals surface area (Å²) >= 11 is 0. The molecule has 3 heteroatoms. The van der Waals surface area contributed by atoms with Gasteiger partial charge in [-0.3, -0.25) is 0 Å². The van der Waals surface area contributed by atoms with Crippen molar-refractivity contribution < 1.29 is 9.52 Å². The van der Waals surface area contributed by atoms with Gasteiger partial charge in [-0.15, -0.1) is 0 Å². The van der Waals surface area contributed by atoms with Gasteiger partial charge in [0.25, 0.3) is 0 Å². The summed E-state index contributed by atoms with van der Waals surface area (Å²) in [6.07, 6.45) is 0. The molecule has 13 heavy (non-hydrogen) atoms. The molecule has 0 aliphatic carbocycles. The Morgan fingerprint density at radius 2 is 2.15 bits per heavy atom. The molecule has 0 radical (unpaired) electrons. The van der Waals surface area contributed by atoms with E-state index in [1.807, 2.05) is 13.8 Å². The Morgan fingerprint density at radius 3 is 2.85 bits per heavy atom. The highest BCUT2D eigenvalue weighted by molar-refractivity contribution is 5.74. The zero-order valence-electron chi connectivity index (χ0n) is 7.61. The van der Waals surface area contributed by atoms with Crippen LogP contribution in [0.4, 0.5) is 0 Å². The van der Waals surface area contributed by atoms with Gasteiger partial charge in [0.1, 0.15) is 11.3 Å². The van der Waals surface area contributed by atoms with Crippen molar-refractivity contribution in [1.82, 2.24) is 4.98 Å². The van der Waals surface area contributed by atoms with Gasteiger partial charge in [0, 0.05) is 12.0 Å². The topological polar surface area (TPSA) is 46.3 Å². The fourth-order valence-electron chi connectivity index (χ4n) is 1.18. The molecule has 0 aliphatic rings. The predicted octanol–water partition coefficient (Wildman–Crippen LogP) is 2.66. The third kappa shape index (κ3) is 1.37. The summed E-state index contributed by atoms with van der Waals surface area (Å²) in [6.45, 7) is 4.04. The number of phenols is 1. The monoisotopic (exact) mass is 177 g/mol. The minimum absolute atomic E-state index is 0.207. The molecular weight excluding hydrogens is 166 g/mol. The van der Waals surface area contributed by atoms with Crippen molar-refractivity contribution in [3.8, 4) is 5.75 Å². The molecule has 0 bridgehead atoms. The van der Waals surface area contributed by atoms with Gasteiger partial charge >= 0.3 is 0 Å². The summed E-state index contributed by atoms with van der Waals surface area (Å²) in [4.78, 5) is 4.28. The maximum Gasteiger partial charge on any atom is 0.198 e. The molecule has 0 unspecified atom stereocenters. The summed E-state index contributed by atoms with van der Waals surface area (Å²) in [5, 5.41) is 9.19. The molecule has 0 atom stereocenters. The van der Waals surface area contributed by atoms with Gasteiger partial charge in [-0.1, -0.05) is 13.8 Å². The van der Waals surface area contributed by atoms with Crippen LogP contribution in [0.1, 0.15) is 25.7 Å². The quantitative estimate of drug-likeness (QED) is 0.728. The van der Waals surface area contributed by atoms with Crippen molar-refractivity contribution in [3.63, 3.8) is 0 Å². The van der Waals surface area contributed by atoms with Crippen LogP contribution in [0.2, 0.25) is 0 Å². The number of hydrogen-bond donors (Lipinski definition) is 1. The van der Waals surface area contributed by atoms with E-state index in [-0.39, 0.29) is 11.7 Å². The maximum absolute atomic E-state index is 9.19. The van der Waals surface area contributed by atoms with Crippen LogP contribution in [0, 0.1) is 0 Å². The van der Waals surface area contributed by atoms with Gasteiger partial charge in [-0.25, -0.2) is 4.98 Å². The van der Waals surface area contributed by atoms with Crippen LogP contribution in [0.3, 0.4) is 0 Å². The molecule has 1 aromatic carbocycles. The molecule has 1 heterocycles. The lowest BCUT2D eigenvalue weighted by Gasteiger charge is -1.93. The molecule has 3 nitrogen and oxygen atoms in total. The van der Waals surface area contributed by atoms with Crippen molar-refractivity contribution in [2.75, 3.05) is 0 Å². The van der Waals surface area contributed by atoms with E-state index in [0.29, 0.717) is 11.5 Å². The number of aromatic nitrogens is 1. The highest BCUT2D eigenvalue weighted by atomic mass is 16.3. The number of nitrogens with zero attached hydrogens (tertiary/aromatic N) is 1. The number of fused-ring (bicyclic) bond motifs is 1. The highest BCUT2D eigenvalue weighted by Gasteiger charge is 2.08. The fraction of sp³-hybridized carbons (Fsp3) is 0.300. The van der Waals surface area contributed by atoms with Crippen LogP contribution < -0.4 is 0 Å². The highest BCUT2D eigenvalue weighted by Crippen LogP contribution is 2.23. The van der Waals surface area contributed by atoms with Crippen molar-refractivity contribution in [2.45, 2.75) is 19.8 Å². The summed E-state index contributed by atoms with van der Waals surface area (Å²) < 4.78 is 5.44. The average molecular weight is 177 g/mol. The summed E-state index contributed by atoms with van der Waals surface area (Å²) in [5.41, 5.74) is 1.44. The molecule has 0 fully saturated rings. The normalized spacial score (nSPS) is 11.3. The average Bonchev–Trinajstić information content (AvgIpc) is 2.46. The van der Waals surface area contributed by atoms with Gasteiger partial charge in [0.05, 0.1) is 0 Å². The smallest absolute Gasteiger partial charge is 0.198 e. The number of benzene rings is 1. The lowest BCUT2D eigenvalue weighted by molar-refractivity contribution is 0.471. The Bertz CT molecular complexity index is 431. The van der Waals surface area contributed by atoms with E-state index in [9.17, 15) is 5.11 Å². The van der Waals surface area contributed by atoms with Gasteiger partial charge in [0.15, 0.2) is 11.5 Å². The zero-order chi connectivity index (χ0) is 9.42. The van der Waals surface area contributed by atoms with Crippen LogP contribution in [0.5, 0.6) is 5.75 Å². The number of oxazole rings is 1. The van der Waals surface area contributed by atoms with Crippen molar-refractivity contribution in [1.29, 1.82) is 0 Å². The first-order valence-electron chi connectivity index (χ1n) is 4.26. The number of phenolic OH excluding ortho intramolecular Hbond substituents is 1. The third-order valence-electron chi connectivity index (χ3n) is 1.88. The molecule has 0 saturated heterocycles. The van der Waals surface area contributed by atoms with E-state index in [1.54, 1.807) is 18.2 Å². The Morgan fingerprint density at radius 1 is 1.38 bits per heavy atom. The standard InChI is InChI=1S/C10H11NO2/c1-6(2)10-11-8-4-3-7(12)5-9(8)13-10/h3-6,12H,1-2H3. The molecule has 2 aromatic rings. The molecule has 0 spiro atoms. The summed E-state index contributed by atoms with van der Waals surface area (Å²) in [7, 11) is 0. The first-order valence-corrected chi connectivity index (χ1v) is 4.26. The largest absolute Gasteiger partial charge is 0.508 e. The Hall–Kier alpha value is -1.51. The minimum Gasteiger partial charge on any atom is -0.508 e. The van der Waals surface area contributed by atoms with E-state index in [1.165, 1.54) is 0 Å². The number of rotatable bonds is 1. The SMILES string of the molecule is CC(C)c1nc2ccc(O)cc2o1. The molecule has 1 aromatic heterocycles. The Labute approximate surface area is 76.0 Å². The fourth-order valence-corrected chi connectivity index (χ4v) is 1.18. The second-order valence-electron chi connectivity index (χ2n) is 3.36. The molecule has 1 N–H and O–H groups in total. The van der Waals surface area contributed by atoms with Crippen molar-refractivity contribution in [3.05, 3.63) is 24.1 Å². The Balaban J connectivity index is 2.62. The molecule has 68 valence electrons. The molecule has 2 rings (SSSR count). The maximum atomic E-state index is 9.19. The van der Waals surface area contributed by atoms with Gasteiger partial charge in [0.2, 0.25) is 0 Å². The predicted molar refractivity (Wildman–Crippen MR) is 49.8 cm³/mol. The van der Waals surface area contributed by atoms with Crippen LogP contribution in [0.15, 0.2) is 22.6 Å². The van der Waals surface area contributed by atoms with E-state index in [2.05, 4.69) is 4.98 Å². The lowest BCUT2D eigenvalue weighted by Crippen LogP contribution is -1.84. The lowest BCUT2D eigenvalue weighted by atomic mass is 10.2. The molecule has 0 amide bonds. The van der Waals surface area contributed by atoms with E-state index in [4.69, 9.17) is 4.42 Å². The first-order chi connectivity index (χ1) is 6.16. The first kappa shape index (κ1) is 8.10. The van der Waals surface area contributed by atoms with E-state index >= 15 is 0 Å². The zero-order valence-corrected chi connectivity index (χ0v) is 7.61. The van der Waals surface area contributed by atoms with E-state index < -0.39 is 0 Å². The van der Waals surface area contributed by atoms with Crippen LogP contribution in [0.25, 0.3) is 11.1 Å². The van der Waals surface area contributed by atoms with E-state index in [0.717, 1.165) is 5.52 Å². The minimum atomic E-state index is 0.207. The number of hydrogen-bond acceptors (Lipinski definition) is 3. The number of aromatic hydroxyl groups is 1.